The molecule has 0 spiro atoms. The van der Waals surface area contributed by atoms with Crippen LogP contribution in [0.5, 0.6) is 0 Å². The Bertz CT molecular complexity index is 752. The Labute approximate surface area is 134 Å². The molecule has 3 heterocycles. The van der Waals surface area contributed by atoms with E-state index in [0.29, 0.717) is 18.8 Å². The number of rotatable bonds is 2. The van der Waals surface area contributed by atoms with Crippen molar-refractivity contribution in [3.8, 4) is 0 Å². The summed E-state index contributed by atoms with van der Waals surface area (Å²) in [5, 5.41) is 4.24. The first kappa shape index (κ1) is 14.0. The van der Waals surface area contributed by atoms with E-state index in [1.54, 1.807) is 21.8 Å². The average Bonchev–Trinajstić information content (AvgIpc) is 3.10. The van der Waals surface area contributed by atoms with Crippen LogP contribution in [0.25, 0.3) is 0 Å². The fourth-order valence-electron chi connectivity index (χ4n) is 3.41. The Morgan fingerprint density at radius 2 is 1.87 bits per heavy atom. The first-order chi connectivity index (χ1) is 11.1. The van der Waals surface area contributed by atoms with Crippen LogP contribution in [0.2, 0.25) is 0 Å². The summed E-state index contributed by atoms with van der Waals surface area (Å²) in [6.07, 6.45) is 2.20. The maximum Gasteiger partial charge on any atom is 0.333 e. The van der Waals surface area contributed by atoms with Crippen LogP contribution in [0.4, 0.5) is 10.6 Å². The molecule has 0 saturated carbocycles. The number of carbonyl (C=O) groups excluding carboxylic acids is 2. The highest BCUT2D eigenvalue weighted by Crippen LogP contribution is 2.33. The number of nitrogens with zero attached hydrogens (tertiary/aromatic N) is 4. The average molecular weight is 310 g/mol. The molecule has 0 aliphatic carbocycles. The third-order valence-electron chi connectivity index (χ3n) is 4.56. The minimum absolute atomic E-state index is 0.0791. The van der Waals surface area contributed by atoms with Crippen molar-refractivity contribution in [1.82, 2.24) is 14.7 Å². The van der Waals surface area contributed by atoms with E-state index >= 15 is 0 Å². The van der Waals surface area contributed by atoms with E-state index in [1.807, 2.05) is 38.1 Å². The van der Waals surface area contributed by atoms with Crippen LogP contribution >= 0.6 is 0 Å². The van der Waals surface area contributed by atoms with Crippen molar-refractivity contribution in [3.05, 3.63) is 47.7 Å². The number of imide groups is 1. The van der Waals surface area contributed by atoms with Gasteiger partial charge in [-0.05, 0) is 25.0 Å². The van der Waals surface area contributed by atoms with Crippen molar-refractivity contribution in [3.63, 3.8) is 0 Å². The quantitative estimate of drug-likeness (QED) is 0.800. The second-order valence-corrected chi connectivity index (χ2v) is 6.30. The van der Waals surface area contributed by atoms with Gasteiger partial charge >= 0.3 is 6.03 Å². The molecule has 1 saturated heterocycles. The van der Waals surface area contributed by atoms with Crippen molar-refractivity contribution in [2.75, 3.05) is 4.90 Å². The minimum atomic E-state index is -0.409. The Morgan fingerprint density at radius 3 is 2.61 bits per heavy atom. The largest absolute Gasteiger partial charge is 0.333 e. The number of hydrogen-bond acceptors (Lipinski definition) is 3. The first-order valence-electron chi connectivity index (χ1n) is 7.83. The van der Waals surface area contributed by atoms with E-state index in [1.165, 1.54) is 4.90 Å². The highest BCUT2D eigenvalue weighted by molar-refractivity contribution is 6.21. The lowest BCUT2D eigenvalue weighted by molar-refractivity contribution is -0.120. The zero-order chi connectivity index (χ0) is 16.1. The maximum absolute atomic E-state index is 12.9. The predicted molar refractivity (Wildman–Crippen MR) is 85.0 cm³/mol. The third kappa shape index (κ3) is 1.98. The van der Waals surface area contributed by atoms with Crippen molar-refractivity contribution in [2.24, 2.45) is 0 Å². The molecular formula is C17H18N4O2. The second kappa shape index (κ2) is 4.94. The van der Waals surface area contributed by atoms with Gasteiger partial charge < -0.3 is 4.90 Å². The number of amides is 3. The molecule has 2 aromatic rings. The Balaban J connectivity index is 1.73. The van der Waals surface area contributed by atoms with E-state index < -0.39 is 6.04 Å². The molecule has 6 heteroatoms. The van der Waals surface area contributed by atoms with Gasteiger partial charge in [0.25, 0.3) is 5.91 Å². The summed E-state index contributed by atoms with van der Waals surface area (Å²) in [5.41, 5.74) is 2.26. The number of hydrogen-bond donors (Lipinski definition) is 0. The lowest BCUT2D eigenvalue weighted by Gasteiger charge is -2.28. The summed E-state index contributed by atoms with van der Waals surface area (Å²) in [6, 6.07) is 9.13. The summed E-state index contributed by atoms with van der Waals surface area (Å²) in [5.74, 6) is 0.389. The van der Waals surface area contributed by atoms with Gasteiger partial charge in [-0.2, -0.15) is 5.10 Å². The van der Waals surface area contributed by atoms with Crippen LogP contribution in [0, 0.1) is 0 Å². The molecular weight excluding hydrogens is 292 g/mol. The van der Waals surface area contributed by atoms with Gasteiger partial charge in [0.15, 0.2) is 0 Å². The highest BCUT2D eigenvalue weighted by Gasteiger charge is 2.48. The van der Waals surface area contributed by atoms with E-state index in [-0.39, 0.29) is 18.0 Å². The van der Waals surface area contributed by atoms with E-state index in [0.717, 1.165) is 11.1 Å². The van der Waals surface area contributed by atoms with Crippen molar-refractivity contribution in [1.29, 1.82) is 0 Å². The smallest absolute Gasteiger partial charge is 0.307 e. The summed E-state index contributed by atoms with van der Waals surface area (Å²) >= 11 is 0. The molecule has 4 rings (SSSR count). The van der Waals surface area contributed by atoms with Crippen molar-refractivity contribution >= 4 is 17.8 Å². The van der Waals surface area contributed by atoms with Gasteiger partial charge in [-0.1, -0.05) is 24.3 Å². The molecule has 1 aromatic heterocycles. The molecule has 118 valence electrons. The van der Waals surface area contributed by atoms with Crippen LogP contribution in [0.3, 0.4) is 0 Å². The van der Waals surface area contributed by atoms with Crippen LogP contribution in [-0.2, 0) is 17.8 Å². The lowest BCUT2D eigenvalue weighted by atomic mass is 9.95. The SMILES string of the molecule is CC(C)n1nccc1N1C(=O)[C@@H]2Cc3ccccc3CN2C1=O. The van der Waals surface area contributed by atoms with Crippen LogP contribution in [-0.4, -0.2) is 32.7 Å². The topological polar surface area (TPSA) is 58.4 Å². The van der Waals surface area contributed by atoms with E-state index in [4.69, 9.17) is 0 Å². The Morgan fingerprint density at radius 1 is 1.13 bits per heavy atom. The number of aromatic nitrogens is 2. The number of urea groups is 1. The van der Waals surface area contributed by atoms with Crippen molar-refractivity contribution < 1.29 is 9.59 Å². The third-order valence-corrected chi connectivity index (χ3v) is 4.56. The molecule has 2 aliphatic heterocycles. The van der Waals surface area contributed by atoms with Gasteiger partial charge in [0, 0.05) is 25.1 Å². The van der Waals surface area contributed by atoms with Crippen LogP contribution in [0.1, 0.15) is 31.0 Å². The highest BCUT2D eigenvalue weighted by atomic mass is 16.2. The van der Waals surface area contributed by atoms with Gasteiger partial charge in [-0.15, -0.1) is 0 Å². The fraction of sp³-hybridized carbons (Fsp3) is 0.353. The Hall–Kier alpha value is -2.63. The van der Waals surface area contributed by atoms with Crippen LogP contribution in [0.15, 0.2) is 36.5 Å². The van der Waals surface area contributed by atoms with Gasteiger partial charge in [0.2, 0.25) is 0 Å². The summed E-state index contributed by atoms with van der Waals surface area (Å²) in [6.45, 7) is 4.44. The van der Waals surface area contributed by atoms with Gasteiger partial charge in [0.1, 0.15) is 11.9 Å². The molecule has 1 aromatic carbocycles. The normalized spacial score (nSPS) is 20.2. The molecule has 0 N–H and O–H groups in total. The summed E-state index contributed by atoms with van der Waals surface area (Å²) in [4.78, 5) is 28.6. The first-order valence-corrected chi connectivity index (χ1v) is 7.83. The molecule has 2 aliphatic rings. The maximum atomic E-state index is 12.9. The minimum Gasteiger partial charge on any atom is -0.307 e. The molecule has 1 fully saturated rings. The van der Waals surface area contributed by atoms with Crippen LogP contribution < -0.4 is 4.90 Å². The molecule has 3 amide bonds. The fourth-order valence-corrected chi connectivity index (χ4v) is 3.41. The Kier molecular flexibility index (Phi) is 3.01. The number of benzene rings is 1. The molecule has 1 atom stereocenters. The number of carbonyl (C=O) groups is 2. The van der Waals surface area contributed by atoms with Gasteiger partial charge in [-0.3, -0.25) is 4.79 Å². The molecule has 0 unspecified atom stereocenters. The molecule has 0 radical (unpaired) electrons. The second-order valence-electron chi connectivity index (χ2n) is 6.30. The lowest BCUT2D eigenvalue weighted by Crippen LogP contribution is -2.39. The standard InChI is InChI=1S/C17H18N4O2/c1-11(2)21-15(7-8-18-21)20-16(22)14-9-12-5-3-4-6-13(12)10-19(14)17(20)23/h3-8,11,14H,9-10H2,1-2H3/t14-/m0/s1. The summed E-state index contributed by atoms with van der Waals surface area (Å²) < 4.78 is 1.71. The zero-order valence-corrected chi connectivity index (χ0v) is 13.1. The molecule has 0 bridgehead atoms. The van der Waals surface area contributed by atoms with Crippen molar-refractivity contribution in [2.45, 2.75) is 38.9 Å². The molecule has 23 heavy (non-hydrogen) atoms. The number of anilines is 1. The number of fused-ring (bicyclic) bond motifs is 2. The van der Waals surface area contributed by atoms with Gasteiger partial charge in [0.05, 0.1) is 6.20 Å². The van der Waals surface area contributed by atoms with Gasteiger partial charge in [-0.25, -0.2) is 14.4 Å². The van der Waals surface area contributed by atoms with E-state index in [9.17, 15) is 9.59 Å². The monoisotopic (exact) mass is 310 g/mol. The van der Waals surface area contributed by atoms with E-state index in [2.05, 4.69) is 5.10 Å². The zero-order valence-electron chi connectivity index (χ0n) is 13.1. The summed E-state index contributed by atoms with van der Waals surface area (Å²) in [7, 11) is 0. The molecule has 6 nitrogen and oxygen atoms in total. The predicted octanol–water partition coefficient (Wildman–Crippen LogP) is 2.36.